The lowest BCUT2D eigenvalue weighted by molar-refractivity contribution is 0.247. The summed E-state index contributed by atoms with van der Waals surface area (Å²) in [7, 11) is 0. The highest BCUT2D eigenvalue weighted by Gasteiger charge is 2.19. The van der Waals surface area contributed by atoms with Crippen LogP contribution in [0.1, 0.15) is 5.56 Å². The highest BCUT2D eigenvalue weighted by molar-refractivity contribution is 7.99. The molecule has 1 fully saturated rings. The zero-order valence-corrected chi connectivity index (χ0v) is 16.1. The molecule has 2 aromatic carbocycles. The summed E-state index contributed by atoms with van der Waals surface area (Å²) in [6, 6.07) is 22.8. The average molecular weight is 377 g/mol. The Morgan fingerprint density at radius 1 is 0.815 bits per heavy atom. The van der Waals surface area contributed by atoms with Gasteiger partial charge in [0.2, 0.25) is 0 Å². The van der Waals surface area contributed by atoms with Crippen LogP contribution in [0.25, 0.3) is 0 Å². The Labute approximate surface area is 165 Å². The minimum atomic E-state index is 0.835. The van der Waals surface area contributed by atoms with Crippen molar-refractivity contribution >= 4 is 23.3 Å². The van der Waals surface area contributed by atoms with Gasteiger partial charge in [0.05, 0.1) is 0 Å². The third kappa shape index (κ3) is 4.43. The minimum Gasteiger partial charge on any atom is -0.398 e. The molecule has 1 aliphatic heterocycles. The van der Waals surface area contributed by atoms with Crippen molar-refractivity contribution in [1.29, 1.82) is 0 Å². The van der Waals surface area contributed by atoms with Gasteiger partial charge in [-0.1, -0.05) is 48.2 Å². The number of piperazine rings is 1. The molecule has 0 saturated carbocycles. The Kier molecular flexibility index (Phi) is 5.61. The van der Waals surface area contributed by atoms with Crippen LogP contribution in [0.4, 0.5) is 11.5 Å². The molecule has 5 heteroatoms. The Hall–Kier alpha value is -2.50. The number of hydrogen-bond acceptors (Lipinski definition) is 5. The topological polar surface area (TPSA) is 45.4 Å². The van der Waals surface area contributed by atoms with Gasteiger partial charge in [0, 0.05) is 54.4 Å². The van der Waals surface area contributed by atoms with Crippen LogP contribution in [0.2, 0.25) is 0 Å². The molecule has 138 valence electrons. The number of nitrogen functional groups attached to an aromatic ring is 1. The molecule has 1 aliphatic rings. The van der Waals surface area contributed by atoms with Crippen molar-refractivity contribution in [3.8, 4) is 0 Å². The molecule has 1 aromatic heterocycles. The summed E-state index contributed by atoms with van der Waals surface area (Å²) >= 11 is 1.75. The number of aromatic nitrogens is 1. The summed E-state index contributed by atoms with van der Waals surface area (Å²) in [5.41, 5.74) is 8.32. The van der Waals surface area contributed by atoms with E-state index in [1.54, 1.807) is 11.8 Å². The zero-order chi connectivity index (χ0) is 18.5. The molecule has 3 aromatic rings. The van der Waals surface area contributed by atoms with E-state index in [-0.39, 0.29) is 0 Å². The Morgan fingerprint density at radius 2 is 1.52 bits per heavy atom. The van der Waals surface area contributed by atoms with Crippen LogP contribution < -0.4 is 10.6 Å². The van der Waals surface area contributed by atoms with Gasteiger partial charge in [-0.05, 0) is 35.9 Å². The lowest BCUT2D eigenvalue weighted by Crippen LogP contribution is -2.46. The van der Waals surface area contributed by atoms with Crippen LogP contribution in [0, 0.1) is 0 Å². The molecule has 0 unspecified atom stereocenters. The molecule has 0 radical (unpaired) electrons. The second-order valence-corrected chi connectivity index (χ2v) is 7.78. The first-order valence-corrected chi connectivity index (χ1v) is 10.1. The maximum absolute atomic E-state index is 6.13. The first kappa shape index (κ1) is 17.9. The van der Waals surface area contributed by atoms with Gasteiger partial charge in [-0.15, -0.1) is 0 Å². The molecule has 0 bridgehead atoms. The quantitative estimate of drug-likeness (QED) is 0.678. The molecule has 0 aliphatic carbocycles. The summed E-state index contributed by atoms with van der Waals surface area (Å²) in [4.78, 5) is 11.8. The number of hydrogen-bond donors (Lipinski definition) is 1. The number of nitrogens with zero attached hydrogens (tertiary/aromatic N) is 3. The Morgan fingerprint density at radius 3 is 2.26 bits per heavy atom. The van der Waals surface area contributed by atoms with Crippen LogP contribution in [-0.4, -0.2) is 36.1 Å². The number of benzene rings is 2. The monoisotopic (exact) mass is 376 g/mol. The summed E-state index contributed by atoms with van der Waals surface area (Å²) in [6.07, 6.45) is 1.87. The second-order valence-electron chi connectivity index (χ2n) is 6.70. The summed E-state index contributed by atoms with van der Waals surface area (Å²) < 4.78 is 0. The van der Waals surface area contributed by atoms with Crippen molar-refractivity contribution in [1.82, 2.24) is 9.88 Å². The number of pyridine rings is 1. The molecule has 0 spiro atoms. The Balaban J connectivity index is 1.41. The van der Waals surface area contributed by atoms with E-state index in [0.717, 1.165) is 49.1 Å². The standard InChI is InChI=1S/C22H24N4S/c23-19-8-2-4-10-21(19)27-20-9-3-1-7-18(20)17-25-13-15-26(16-14-25)22-11-5-6-12-24-22/h1-12H,13-17,23H2. The first-order valence-electron chi connectivity index (χ1n) is 9.28. The van der Waals surface area contributed by atoms with Crippen molar-refractivity contribution in [2.45, 2.75) is 16.3 Å². The van der Waals surface area contributed by atoms with E-state index in [0.29, 0.717) is 0 Å². The van der Waals surface area contributed by atoms with E-state index in [1.807, 2.05) is 30.5 Å². The van der Waals surface area contributed by atoms with Crippen molar-refractivity contribution in [2.75, 3.05) is 36.8 Å². The van der Waals surface area contributed by atoms with E-state index < -0.39 is 0 Å². The number of rotatable bonds is 5. The van der Waals surface area contributed by atoms with Crippen LogP contribution >= 0.6 is 11.8 Å². The molecular formula is C22H24N4S. The van der Waals surface area contributed by atoms with E-state index in [9.17, 15) is 0 Å². The van der Waals surface area contributed by atoms with Crippen LogP contribution in [0.15, 0.2) is 82.7 Å². The fourth-order valence-corrected chi connectivity index (χ4v) is 4.32. The number of nitrogens with two attached hydrogens (primary N) is 1. The number of para-hydroxylation sites is 1. The van der Waals surface area contributed by atoms with Gasteiger partial charge >= 0.3 is 0 Å². The molecule has 2 N–H and O–H groups in total. The molecule has 0 amide bonds. The average Bonchev–Trinajstić information content (AvgIpc) is 2.72. The number of anilines is 2. The van der Waals surface area contributed by atoms with Gasteiger partial charge in [0.25, 0.3) is 0 Å². The van der Waals surface area contributed by atoms with Gasteiger partial charge in [-0.3, -0.25) is 4.90 Å². The normalized spacial score (nSPS) is 15.0. The third-order valence-corrected chi connectivity index (χ3v) is 6.06. The largest absolute Gasteiger partial charge is 0.398 e. The minimum absolute atomic E-state index is 0.835. The van der Waals surface area contributed by atoms with E-state index in [1.165, 1.54) is 10.5 Å². The van der Waals surface area contributed by atoms with Crippen molar-refractivity contribution in [2.24, 2.45) is 0 Å². The van der Waals surface area contributed by atoms with Crippen LogP contribution in [-0.2, 0) is 6.54 Å². The van der Waals surface area contributed by atoms with Gasteiger partial charge in [-0.25, -0.2) is 4.98 Å². The maximum atomic E-state index is 6.13. The predicted octanol–water partition coefficient (Wildman–Crippen LogP) is 4.14. The smallest absolute Gasteiger partial charge is 0.128 e. The SMILES string of the molecule is Nc1ccccc1Sc1ccccc1CN1CCN(c2ccccn2)CC1. The van der Waals surface area contributed by atoms with Crippen molar-refractivity contribution in [3.63, 3.8) is 0 Å². The fraction of sp³-hybridized carbons (Fsp3) is 0.227. The van der Waals surface area contributed by atoms with Gasteiger partial charge < -0.3 is 10.6 Å². The summed E-state index contributed by atoms with van der Waals surface area (Å²) in [6.45, 7) is 5.08. The van der Waals surface area contributed by atoms with E-state index in [2.05, 4.69) is 57.2 Å². The molecule has 2 heterocycles. The van der Waals surface area contributed by atoms with E-state index in [4.69, 9.17) is 5.73 Å². The maximum Gasteiger partial charge on any atom is 0.128 e. The molecule has 0 atom stereocenters. The van der Waals surface area contributed by atoms with Crippen LogP contribution in [0.3, 0.4) is 0 Å². The summed E-state index contributed by atoms with van der Waals surface area (Å²) in [5, 5.41) is 0. The molecule has 27 heavy (non-hydrogen) atoms. The van der Waals surface area contributed by atoms with Crippen molar-refractivity contribution < 1.29 is 0 Å². The molecular weight excluding hydrogens is 352 g/mol. The van der Waals surface area contributed by atoms with Gasteiger partial charge in [-0.2, -0.15) is 0 Å². The lowest BCUT2D eigenvalue weighted by Gasteiger charge is -2.35. The lowest BCUT2D eigenvalue weighted by atomic mass is 10.2. The molecule has 4 rings (SSSR count). The zero-order valence-electron chi connectivity index (χ0n) is 15.3. The molecule has 4 nitrogen and oxygen atoms in total. The summed E-state index contributed by atoms with van der Waals surface area (Å²) in [5.74, 6) is 1.08. The Bertz CT molecular complexity index is 876. The van der Waals surface area contributed by atoms with Gasteiger partial charge in [0.15, 0.2) is 0 Å². The third-order valence-electron chi connectivity index (χ3n) is 4.85. The second kappa shape index (κ2) is 8.46. The van der Waals surface area contributed by atoms with Gasteiger partial charge in [0.1, 0.15) is 5.82 Å². The van der Waals surface area contributed by atoms with E-state index >= 15 is 0 Å². The highest BCUT2D eigenvalue weighted by Crippen LogP contribution is 2.34. The fourth-order valence-electron chi connectivity index (χ4n) is 3.34. The molecule has 1 saturated heterocycles. The van der Waals surface area contributed by atoms with Crippen molar-refractivity contribution in [3.05, 3.63) is 78.5 Å². The van der Waals surface area contributed by atoms with Crippen LogP contribution in [0.5, 0.6) is 0 Å². The predicted molar refractivity (Wildman–Crippen MR) is 113 cm³/mol. The first-order chi connectivity index (χ1) is 13.3. The highest BCUT2D eigenvalue weighted by atomic mass is 32.2.